The van der Waals surface area contributed by atoms with E-state index >= 15 is 0 Å². The second-order valence-electron chi connectivity index (χ2n) is 8.47. The first-order chi connectivity index (χ1) is 16.5. The van der Waals surface area contributed by atoms with Crippen LogP contribution in [0, 0.1) is 15.3 Å². The van der Waals surface area contributed by atoms with E-state index in [1.165, 1.54) is 6.92 Å². The summed E-state index contributed by atoms with van der Waals surface area (Å²) in [4.78, 5) is 15.2. The summed E-state index contributed by atoms with van der Waals surface area (Å²) in [5, 5.41) is 13.4. The molecule has 2 unspecified atom stereocenters. The Hall–Kier alpha value is -1.92. The lowest BCUT2D eigenvalue weighted by atomic mass is 10.0. The monoisotopic (exact) mass is 543 g/mol. The lowest BCUT2D eigenvalue weighted by Gasteiger charge is -2.25. The van der Waals surface area contributed by atoms with Crippen molar-refractivity contribution in [2.24, 2.45) is 5.92 Å². The molecule has 0 saturated carbocycles. The highest BCUT2D eigenvalue weighted by molar-refractivity contribution is 7.72. The summed E-state index contributed by atoms with van der Waals surface area (Å²) in [6.45, 7) is 6.45. The molecule has 13 heteroatoms. The molecular formula is C22H30N3O7PS2. The molecule has 1 aromatic carbocycles. The van der Waals surface area contributed by atoms with E-state index in [1.807, 2.05) is 0 Å². The number of hydrogen-bond acceptors (Lipinski definition) is 9. The number of ether oxygens (including phenoxy) is 2. The molecule has 0 spiro atoms. The molecule has 1 fully saturated rings. The Bertz CT molecular complexity index is 1170. The molecule has 3 N–H and O–H groups in total. The highest BCUT2D eigenvalue weighted by Crippen LogP contribution is 2.46. The van der Waals surface area contributed by atoms with Crippen molar-refractivity contribution < 1.29 is 33.0 Å². The minimum absolute atomic E-state index is 0.276. The third kappa shape index (κ3) is 7.29. The van der Waals surface area contributed by atoms with Gasteiger partial charge in [0.05, 0.1) is 18.8 Å². The van der Waals surface area contributed by atoms with Crippen molar-refractivity contribution in [1.29, 1.82) is 0 Å². The number of para-hydroxylation sites is 1. The first-order valence-electron chi connectivity index (χ1n) is 11.1. The molecule has 2 aromatic rings. The molecule has 0 bridgehead atoms. The van der Waals surface area contributed by atoms with E-state index in [2.05, 4.69) is 10.1 Å². The van der Waals surface area contributed by atoms with Crippen LogP contribution < -0.4 is 9.61 Å². The molecule has 6 atom stereocenters. The first kappa shape index (κ1) is 27.7. The molecule has 1 aliphatic heterocycles. The molecule has 1 aliphatic rings. The maximum absolute atomic E-state index is 13.6. The fourth-order valence-electron chi connectivity index (χ4n) is 3.48. The molecule has 0 radical (unpaired) electrons. The Balaban J connectivity index is 1.75. The third-order valence-electron chi connectivity index (χ3n) is 5.24. The van der Waals surface area contributed by atoms with Crippen LogP contribution in [0.4, 0.5) is 0 Å². The number of aromatic nitrogens is 2. The van der Waals surface area contributed by atoms with Crippen molar-refractivity contribution in [3.8, 4) is 5.75 Å². The van der Waals surface area contributed by atoms with E-state index in [0.29, 0.717) is 9.41 Å². The zero-order valence-corrected chi connectivity index (χ0v) is 22.3. The molecule has 3 rings (SSSR count). The van der Waals surface area contributed by atoms with Crippen molar-refractivity contribution in [2.45, 2.75) is 58.3 Å². The molecule has 1 aromatic heterocycles. The largest absolute Gasteiger partial charge is 0.462 e. The predicted molar refractivity (Wildman–Crippen MR) is 134 cm³/mol. The van der Waals surface area contributed by atoms with Crippen LogP contribution in [-0.2, 0) is 23.4 Å². The van der Waals surface area contributed by atoms with E-state index in [9.17, 15) is 14.5 Å². The molecular weight excluding hydrogens is 513 g/mol. The van der Waals surface area contributed by atoms with Gasteiger partial charge in [0, 0.05) is 12.1 Å². The van der Waals surface area contributed by atoms with Gasteiger partial charge < -0.3 is 24.1 Å². The SMILES string of the molecule is CC(C)OC(=O)[C@H](C)NP(=O)(OC[C@H]1O[C@@H](n2ccc(=S)[nH]c2=S)[C@@H](C)C1O)Oc1ccccc1. The number of rotatable bonds is 10. The second kappa shape index (κ2) is 11.9. The lowest BCUT2D eigenvalue weighted by Crippen LogP contribution is -2.37. The minimum Gasteiger partial charge on any atom is -0.462 e. The molecule has 0 amide bonds. The highest BCUT2D eigenvalue weighted by atomic mass is 32.1. The number of aromatic amines is 1. The number of benzene rings is 1. The summed E-state index contributed by atoms with van der Waals surface area (Å²) in [7, 11) is -4.09. The van der Waals surface area contributed by atoms with Crippen LogP contribution in [0.15, 0.2) is 42.6 Å². The van der Waals surface area contributed by atoms with E-state index in [1.54, 1.807) is 67.9 Å². The Labute approximate surface area is 214 Å². The van der Waals surface area contributed by atoms with Gasteiger partial charge in [0.25, 0.3) is 0 Å². The van der Waals surface area contributed by atoms with Crippen molar-refractivity contribution in [3.05, 3.63) is 52.0 Å². The zero-order valence-electron chi connectivity index (χ0n) is 19.8. The standard InChI is InChI=1S/C22H30N3O7PS2/c1-13(2)30-21(27)15(4)24-33(28,32-16-8-6-5-7-9-16)29-12-17-19(26)14(3)20(31-17)25-11-10-18(34)23-22(25)35/h5-11,13-15,17,19-20,26H,12H2,1-4H3,(H,24,28)(H,23,34,35)/t14-,15-,17+,19?,20+,33?/m0/s1. The normalized spacial score (nSPS) is 24.6. The van der Waals surface area contributed by atoms with Gasteiger partial charge in [-0.15, -0.1) is 0 Å². The number of H-pyrrole nitrogens is 1. The summed E-state index contributed by atoms with van der Waals surface area (Å²) in [6, 6.07) is 9.09. The van der Waals surface area contributed by atoms with Gasteiger partial charge in [-0.3, -0.25) is 13.9 Å². The number of nitrogens with zero attached hydrogens (tertiary/aromatic N) is 1. The molecule has 2 heterocycles. The number of nitrogens with one attached hydrogen (secondary N) is 2. The smallest absolute Gasteiger partial charge is 0.459 e. The first-order valence-corrected chi connectivity index (χ1v) is 13.5. The fraction of sp³-hybridized carbons (Fsp3) is 0.500. The molecule has 1 saturated heterocycles. The predicted octanol–water partition coefficient (Wildman–Crippen LogP) is 4.30. The number of hydrogen-bond donors (Lipinski definition) is 3. The topological polar surface area (TPSA) is 124 Å². The van der Waals surface area contributed by atoms with Crippen molar-refractivity contribution in [1.82, 2.24) is 14.6 Å². The van der Waals surface area contributed by atoms with Gasteiger partial charge in [-0.25, -0.2) is 4.57 Å². The van der Waals surface area contributed by atoms with Gasteiger partial charge in [0.15, 0.2) is 4.77 Å². The van der Waals surface area contributed by atoms with Gasteiger partial charge in [-0.05, 0) is 51.2 Å². The van der Waals surface area contributed by atoms with Crippen molar-refractivity contribution >= 4 is 38.2 Å². The summed E-state index contributed by atoms with van der Waals surface area (Å²) in [5.74, 6) is -0.693. The van der Waals surface area contributed by atoms with E-state index in [-0.39, 0.29) is 24.4 Å². The zero-order chi connectivity index (χ0) is 25.8. The minimum atomic E-state index is -4.09. The van der Waals surface area contributed by atoms with Crippen LogP contribution in [0.2, 0.25) is 0 Å². The maximum Gasteiger partial charge on any atom is 0.459 e. The average Bonchev–Trinajstić information content (AvgIpc) is 3.06. The van der Waals surface area contributed by atoms with Crippen molar-refractivity contribution in [2.75, 3.05) is 6.61 Å². The fourth-order valence-corrected chi connectivity index (χ4v) is 5.48. The molecule has 0 aliphatic carbocycles. The number of esters is 1. The Kier molecular flexibility index (Phi) is 9.39. The number of carbonyl (C=O) groups is 1. The van der Waals surface area contributed by atoms with Crippen LogP contribution in [-0.4, -0.2) is 51.6 Å². The summed E-state index contributed by atoms with van der Waals surface area (Å²) in [6.07, 6.45) is -1.04. The summed E-state index contributed by atoms with van der Waals surface area (Å²) in [5.41, 5.74) is 0. The maximum atomic E-state index is 13.6. The Morgan fingerprint density at radius 3 is 2.57 bits per heavy atom. The van der Waals surface area contributed by atoms with Crippen LogP contribution in [0.3, 0.4) is 0 Å². The van der Waals surface area contributed by atoms with Crippen LogP contribution in [0.25, 0.3) is 0 Å². The number of aliphatic hydroxyl groups is 1. The molecule has 35 heavy (non-hydrogen) atoms. The van der Waals surface area contributed by atoms with Crippen LogP contribution in [0.1, 0.15) is 33.9 Å². The molecule has 10 nitrogen and oxygen atoms in total. The van der Waals surface area contributed by atoms with E-state index in [0.717, 1.165) is 0 Å². The van der Waals surface area contributed by atoms with Crippen LogP contribution in [0.5, 0.6) is 5.75 Å². The number of carbonyl (C=O) groups excluding carboxylic acids is 1. The van der Waals surface area contributed by atoms with Gasteiger partial charge in [0.2, 0.25) is 0 Å². The average molecular weight is 544 g/mol. The Morgan fingerprint density at radius 2 is 1.94 bits per heavy atom. The number of aliphatic hydroxyl groups excluding tert-OH is 1. The quantitative estimate of drug-likeness (QED) is 0.227. The summed E-state index contributed by atoms with van der Waals surface area (Å²) < 4.78 is 38.6. The summed E-state index contributed by atoms with van der Waals surface area (Å²) >= 11 is 10.4. The van der Waals surface area contributed by atoms with Crippen molar-refractivity contribution in [3.63, 3.8) is 0 Å². The van der Waals surface area contributed by atoms with Crippen LogP contribution >= 0.6 is 32.2 Å². The second-order valence-corrected chi connectivity index (χ2v) is 11.0. The van der Waals surface area contributed by atoms with Gasteiger partial charge in [-0.1, -0.05) is 37.3 Å². The van der Waals surface area contributed by atoms with E-state index in [4.69, 9.17) is 43.0 Å². The van der Waals surface area contributed by atoms with E-state index < -0.39 is 38.2 Å². The third-order valence-corrected chi connectivity index (χ3v) is 7.44. The lowest BCUT2D eigenvalue weighted by molar-refractivity contribution is -0.149. The molecule has 192 valence electrons. The van der Waals surface area contributed by atoms with Gasteiger partial charge in [-0.2, -0.15) is 5.09 Å². The Morgan fingerprint density at radius 1 is 1.26 bits per heavy atom. The van der Waals surface area contributed by atoms with Gasteiger partial charge in [0.1, 0.15) is 28.8 Å². The van der Waals surface area contributed by atoms with Gasteiger partial charge >= 0.3 is 13.7 Å². The highest BCUT2D eigenvalue weighted by Gasteiger charge is 2.44.